The maximum absolute atomic E-state index is 15.5. The number of ether oxygens (including phenoxy) is 3. The number of esters is 1. The number of hydrogen-bond donors (Lipinski definition) is 0. The number of amides is 1. The van der Waals surface area contributed by atoms with Crippen LogP contribution in [0.1, 0.15) is 78.7 Å². The molecular formula is C36H34F7NO5. The molecule has 0 unspecified atom stereocenters. The molecule has 1 aliphatic heterocycles. The molecule has 1 aliphatic carbocycles. The van der Waals surface area contributed by atoms with Crippen LogP contribution >= 0.6 is 0 Å². The molecule has 6 nitrogen and oxygen atoms in total. The molecule has 0 N–H and O–H groups in total. The van der Waals surface area contributed by atoms with Gasteiger partial charge in [-0.05, 0) is 90.3 Å². The van der Waals surface area contributed by atoms with Crippen LogP contribution < -0.4 is 4.74 Å². The number of benzene rings is 3. The molecule has 1 saturated heterocycles. The summed E-state index contributed by atoms with van der Waals surface area (Å²) >= 11 is 0. The topological polar surface area (TPSA) is 65.1 Å². The Labute approximate surface area is 278 Å². The van der Waals surface area contributed by atoms with Gasteiger partial charge < -0.3 is 14.2 Å². The Balaban J connectivity index is 1.55. The van der Waals surface area contributed by atoms with Gasteiger partial charge in [0.2, 0.25) is 0 Å². The van der Waals surface area contributed by atoms with E-state index in [4.69, 9.17) is 14.2 Å². The van der Waals surface area contributed by atoms with E-state index >= 15 is 4.39 Å². The van der Waals surface area contributed by atoms with E-state index in [1.54, 1.807) is 18.2 Å². The Morgan fingerprint density at radius 2 is 1.55 bits per heavy atom. The molecule has 3 aromatic rings. The molecule has 0 saturated carbocycles. The third-order valence-electron chi connectivity index (χ3n) is 9.09. The van der Waals surface area contributed by atoms with Gasteiger partial charge in [0, 0.05) is 23.7 Å². The van der Waals surface area contributed by atoms with Crippen molar-refractivity contribution in [1.82, 2.24) is 4.90 Å². The number of hydrogen-bond acceptors (Lipinski definition) is 5. The summed E-state index contributed by atoms with van der Waals surface area (Å²) < 4.78 is 113. The van der Waals surface area contributed by atoms with Crippen molar-refractivity contribution in [1.29, 1.82) is 0 Å². The van der Waals surface area contributed by atoms with Crippen molar-refractivity contribution in [2.75, 3.05) is 20.8 Å². The van der Waals surface area contributed by atoms with Crippen LogP contribution in [0.5, 0.6) is 5.75 Å². The summed E-state index contributed by atoms with van der Waals surface area (Å²) in [5, 5.41) is 0. The standard InChI is InChI=1S/C36H34F7NO5/c1-19-31(22-12-24(35(38,39)40)14-25(13-22)36(41,42)43)49-33(46)44(19)18-23-17-34(2,3)11-10-26(23)28-15-27(29(37)16-30(28)47-4)20-6-8-21(9-7-20)32(45)48-5/h6-9,12-16,19,31H,10-11,17-18H2,1-5H3/t19-,31-/m0/s1. The first-order valence-electron chi connectivity index (χ1n) is 15.4. The molecular weight excluding hydrogens is 659 g/mol. The van der Waals surface area contributed by atoms with Gasteiger partial charge in [0.1, 0.15) is 17.7 Å². The molecule has 2 atom stereocenters. The lowest BCUT2D eigenvalue weighted by Crippen LogP contribution is -2.35. The number of alkyl halides is 6. The Bertz CT molecular complexity index is 1760. The highest BCUT2D eigenvalue weighted by Crippen LogP contribution is 2.47. The zero-order valence-electron chi connectivity index (χ0n) is 27.3. The van der Waals surface area contributed by atoms with Gasteiger partial charge in [-0.3, -0.25) is 4.90 Å². The van der Waals surface area contributed by atoms with Crippen LogP contribution in [-0.2, 0) is 21.8 Å². The normalized spacial score (nSPS) is 19.6. The Kier molecular flexibility index (Phi) is 9.52. The largest absolute Gasteiger partial charge is 0.496 e. The average molecular weight is 694 g/mol. The minimum atomic E-state index is -5.06. The molecule has 2 aliphatic rings. The van der Waals surface area contributed by atoms with Crippen LogP contribution in [0.4, 0.5) is 35.5 Å². The van der Waals surface area contributed by atoms with Crippen molar-refractivity contribution < 1.29 is 54.5 Å². The predicted molar refractivity (Wildman–Crippen MR) is 166 cm³/mol. The first-order valence-corrected chi connectivity index (χ1v) is 15.4. The minimum absolute atomic E-state index is 0.0295. The lowest BCUT2D eigenvalue weighted by molar-refractivity contribution is -0.143. The number of methoxy groups -OCH3 is 2. The van der Waals surface area contributed by atoms with E-state index in [1.165, 1.54) is 44.2 Å². The lowest BCUT2D eigenvalue weighted by atomic mass is 9.72. The van der Waals surface area contributed by atoms with Gasteiger partial charge in [-0.1, -0.05) is 26.0 Å². The molecule has 1 heterocycles. The molecule has 3 aromatic carbocycles. The van der Waals surface area contributed by atoms with Crippen molar-refractivity contribution in [3.8, 4) is 16.9 Å². The second kappa shape index (κ2) is 13.1. The zero-order valence-corrected chi connectivity index (χ0v) is 27.3. The lowest BCUT2D eigenvalue weighted by Gasteiger charge is -2.36. The summed E-state index contributed by atoms with van der Waals surface area (Å²) in [4.78, 5) is 26.4. The highest BCUT2D eigenvalue weighted by molar-refractivity contribution is 5.90. The first kappa shape index (κ1) is 35.7. The number of carbonyl (C=O) groups excluding carboxylic acids is 2. The first-order chi connectivity index (χ1) is 22.8. The number of cyclic esters (lactones) is 1. The molecule has 0 bridgehead atoms. The summed E-state index contributed by atoms with van der Waals surface area (Å²) in [7, 11) is 2.64. The van der Waals surface area contributed by atoms with E-state index in [-0.39, 0.29) is 34.9 Å². The highest BCUT2D eigenvalue weighted by atomic mass is 19.4. The fraction of sp³-hybridized carbons (Fsp3) is 0.389. The monoisotopic (exact) mass is 693 g/mol. The predicted octanol–water partition coefficient (Wildman–Crippen LogP) is 9.87. The number of nitrogens with zero attached hydrogens (tertiary/aromatic N) is 1. The second-order valence-corrected chi connectivity index (χ2v) is 13.0. The third kappa shape index (κ3) is 7.40. The molecule has 5 rings (SSSR count). The van der Waals surface area contributed by atoms with Crippen molar-refractivity contribution in [2.45, 2.75) is 64.5 Å². The fourth-order valence-corrected chi connectivity index (χ4v) is 6.48. The van der Waals surface area contributed by atoms with E-state index in [2.05, 4.69) is 0 Å². The van der Waals surface area contributed by atoms with E-state index in [9.17, 15) is 35.9 Å². The van der Waals surface area contributed by atoms with Crippen LogP contribution in [0, 0.1) is 11.2 Å². The fourth-order valence-electron chi connectivity index (χ4n) is 6.48. The van der Waals surface area contributed by atoms with Crippen molar-refractivity contribution in [2.24, 2.45) is 5.41 Å². The summed E-state index contributed by atoms with van der Waals surface area (Å²) in [6.07, 6.45) is -10.7. The molecule has 262 valence electrons. The highest BCUT2D eigenvalue weighted by Gasteiger charge is 2.44. The van der Waals surface area contributed by atoms with E-state index in [0.29, 0.717) is 36.1 Å². The molecule has 13 heteroatoms. The van der Waals surface area contributed by atoms with Crippen molar-refractivity contribution >= 4 is 17.6 Å². The second-order valence-electron chi connectivity index (χ2n) is 13.0. The summed E-state index contributed by atoms with van der Waals surface area (Å²) in [5.41, 5.74) is -0.581. The average Bonchev–Trinajstić information content (AvgIpc) is 3.31. The van der Waals surface area contributed by atoms with Crippen molar-refractivity contribution in [3.05, 3.63) is 93.8 Å². The van der Waals surface area contributed by atoms with Gasteiger partial charge in [0.25, 0.3) is 0 Å². The molecule has 49 heavy (non-hydrogen) atoms. The number of halogens is 7. The zero-order chi connectivity index (χ0) is 36.1. The number of allylic oxidation sites excluding steroid dienone is 1. The quantitative estimate of drug-likeness (QED) is 0.182. The number of carbonyl (C=O) groups is 2. The van der Waals surface area contributed by atoms with E-state index in [0.717, 1.165) is 17.6 Å². The van der Waals surface area contributed by atoms with Crippen LogP contribution in [0.15, 0.2) is 60.2 Å². The Morgan fingerprint density at radius 1 is 0.939 bits per heavy atom. The smallest absolute Gasteiger partial charge is 0.416 e. The summed E-state index contributed by atoms with van der Waals surface area (Å²) in [5.74, 6) is -0.894. The molecule has 0 radical (unpaired) electrons. The van der Waals surface area contributed by atoms with E-state index < -0.39 is 59.1 Å². The van der Waals surface area contributed by atoms with Crippen LogP contribution in [0.3, 0.4) is 0 Å². The SMILES string of the molecule is COC(=O)c1ccc(-c2cc(C3=C(CN4C(=O)O[C@H](c5cc(C(F)(F)F)cc(C(F)(F)F)c5)[C@@H]4C)CC(C)(C)CC3)c(OC)cc2F)cc1. The van der Waals surface area contributed by atoms with Gasteiger partial charge in [0.15, 0.2) is 0 Å². The summed E-state index contributed by atoms with van der Waals surface area (Å²) in [6, 6.07) is 9.31. The Hall–Kier alpha value is -4.55. The maximum atomic E-state index is 15.5. The Morgan fingerprint density at radius 3 is 2.10 bits per heavy atom. The van der Waals surface area contributed by atoms with Crippen LogP contribution in [0.25, 0.3) is 16.7 Å². The van der Waals surface area contributed by atoms with Crippen LogP contribution in [0.2, 0.25) is 0 Å². The molecule has 1 fully saturated rings. The summed E-state index contributed by atoms with van der Waals surface area (Å²) in [6.45, 7) is 5.54. The number of rotatable bonds is 7. The van der Waals surface area contributed by atoms with Gasteiger partial charge >= 0.3 is 24.4 Å². The van der Waals surface area contributed by atoms with E-state index in [1.807, 2.05) is 13.8 Å². The maximum Gasteiger partial charge on any atom is 0.416 e. The van der Waals surface area contributed by atoms with Gasteiger partial charge in [0.05, 0.1) is 37.0 Å². The third-order valence-corrected chi connectivity index (χ3v) is 9.09. The van der Waals surface area contributed by atoms with Crippen LogP contribution in [-0.4, -0.2) is 43.8 Å². The van der Waals surface area contributed by atoms with Gasteiger partial charge in [-0.2, -0.15) is 26.3 Å². The van der Waals surface area contributed by atoms with Gasteiger partial charge in [-0.25, -0.2) is 14.0 Å². The molecule has 1 amide bonds. The molecule has 0 aromatic heterocycles. The molecule has 0 spiro atoms. The van der Waals surface area contributed by atoms with Crippen molar-refractivity contribution in [3.63, 3.8) is 0 Å². The minimum Gasteiger partial charge on any atom is -0.496 e. The van der Waals surface area contributed by atoms with Gasteiger partial charge in [-0.15, -0.1) is 0 Å².